The van der Waals surface area contributed by atoms with Gasteiger partial charge in [0.15, 0.2) is 0 Å². The molecule has 4 rings (SSSR count). The fourth-order valence-electron chi connectivity index (χ4n) is 3.43. The van der Waals surface area contributed by atoms with Crippen molar-refractivity contribution < 1.29 is 34.1 Å². The van der Waals surface area contributed by atoms with Crippen LogP contribution in [-0.4, -0.2) is 34.0 Å². The first kappa shape index (κ1) is 30.7. The van der Waals surface area contributed by atoms with Crippen LogP contribution in [0.5, 0.6) is 11.5 Å². The number of nitrogens with one attached hydrogen (secondary N) is 2. The number of anilines is 2. The number of carboxylic acids is 2. The fraction of sp³-hybridized carbons (Fsp3) is 0. The van der Waals surface area contributed by atoms with Crippen LogP contribution in [0.25, 0.3) is 0 Å². The quantitative estimate of drug-likeness (QED) is 0.125. The summed E-state index contributed by atoms with van der Waals surface area (Å²) in [5, 5.41) is 22.4. The predicted octanol–water partition coefficient (Wildman–Crippen LogP) is 6.94. The van der Waals surface area contributed by atoms with Crippen LogP contribution in [-0.2, 0) is 19.2 Å². The predicted molar refractivity (Wildman–Crippen MR) is 165 cm³/mol. The van der Waals surface area contributed by atoms with Crippen molar-refractivity contribution in [2.45, 2.75) is 19.6 Å². The lowest BCUT2D eigenvalue weighted by molar-refractivity contribution is -0.132. The molecule has 0 radical (unpaired) electrons. The normalized spacial score (nSPS) is 10.9. The van der Waals surface area contributed by atoms with Crippen molar-refractivity contribution in [2.75, 3.05) is 10.6 Å². The summed E-state index contributed by atoms with van der Waals surface area (Å²) >= 11 is 3.09. The minimum absolute atomic E-state index is 0.517. The van der Waals surface area contributed by atoms with Crippen LogP contribution < -0.4 is 15.4 Å². The fourth-order valence-corrected chi connectivity index (χ4v) is 5.07. The van der Waals surface area contributed by atoms with Gasteiger partial charge in [-0.05, 0) is 97.1 Å². The second-order valence-corrected chi connectivity index (χ2v) is 10.9. The van der Waals surface area contributed by atoms with E-state index < -0.39 is 23.8 Å². The van der Waals surface area contributed by atoms with Gasteiger partial charge in [-0.15, -0.1) is 0 Å². The zero-order valence-corrected chi connectivity index (χ0v) is 23.9. The molecule has 0 unspecified atom stereocenters. The number of hydrogen-bond donors (Lipinski definition) is 4. The third-order valence-corrected chi connectivity index (χ3v) is 7.38. The van der Waals surface area contributed by atoms with Crippen molar-refractivity contribution in [2.24, 2.45) is 0 Å². The largest absolute Gasteiger partial charge is 0.478 e. The molecule has 216 valence electrons. The van der Waals surface area contributed by atoms with Crippen molar-refractivity contribution in [3.63, 3.8) is 0 Å². The first-order valence-corrected chi connectivity index (χ1v) is 14.2. The molecular formula is C32H24N2O7S2. The van der Waals surface area contributed by atoms with Crippen LogP contribution in [0.3, 0.4) is 0 Å². The molecule has 0 spiro atoms. The maximum atomic E-state index is 11.7. The Hall–Kier alpha value is -5.26. The summed E-state index contributed by atoms with van der Waals surface area (Å²) in [5.41, 5.74) is 1.12. The highest BCUT2D eigenvalue weighted by atomic mass is 32.2. The summed E-state index contributed by atoms with van der Waals surface area (Å²) < 4.78 is 5.98. The minimum atomic E-state index is -1.19. The lowest BCUT2D eigenvalue weighted by Crippen LogP contribution is -2.08. The van der Waals surface area contributed by atoms with E-state index in [2.05, 4.69) is 10.6 Å². The van der Waals surface area contributed by atoms with Crippen molar-refractivity contribution in [1.82, 2.24) is 0 Å². The summed E-state index contributed by atoms with van der Waals surface area (Å²) in [6.45, 7) is 0. The average molecular weight is 613 g/mol. The Morgan fingerprint density at radius 2 is 0.791 bits per heavy atom. The van der Waals surface area contributed by atoms with E-state index in [9.17, 15) is 19.2 Å². The molecule has 0 aromatic heterocycles. The summed E-state index contributed by atoms with van der Waals surface area (Å²) in [6.07, 6.45) is 3.48. The third kappa shape index (κ3) is 10.6. The number of rotatable bonds is 12. The van der Waals surface area contributed by atoms with E-state index in [0.717, 1.165) is 43.9 Å². The molecule has 4 aromatic carbocycles. The molecule has 4 aromatic rings. The standard InChI is InChI=1S/C32H24N2O7S2/c35-29(17-19-31(37)38)33-21-1-9-25(10-2-21)42-27-13-5-23(6-14-27)41-24-7-15-28(16-8-24)43-26-11-3-22(4-12-26)34-30(36)18-20-32(39)40/h1-20H,(H,33,35)(H,34,36)(H,37,38)(H,39,40)/b19-17-,20-18-. The maximum Gasteiger partial charge on any atom is 0.328 e. The number of ether oxygens (including phenoxy) is 1. The summed E-state index contributed by atoms with van der Waals surface area (Å²) in [6, 6.07) is 29.7. The lowest BCUT2D eigenvalue weighted by Gasteiger charge is -2.09. The number of carbonyl (C=O) groups is 4. The molecular weight excluding hydrogens is 588 g/mol. The maximum absolute atomic E-state index is 11.7. The second kappa shape index (κ2) is 15.1. The Morgan fingerprint density at radius 3 is 1.09 bits per heavy atom. The van der Waals surface area contributed by atoms with Gasteiger partial charge in [-0.3, -0.25) is 9.59 Å². The van der Waals surface area contributed by atoms with Crippen LogP contribution in [0.15, 0.2) is 141 Å². The molecule has 0 fully saturated rings. The highest BCUT2D eigenvalue weighted by Crippen LogP contribution is 2.33. The van der Waals surface area contributed by atoms with Gasteiger partial charge in [-0.25, -0.2) is 9.59 Å². The molecule has 43 heavy (non-hydrogen) atoms. The van der Waals surface area contributed by atoms with E-state index in [1.807, 2.05) is 72.8 Å². The molecule has 0 saturated heterocycles. The molecule has 9 nitrogen and oxygen atoms in total. The van der Waals surface area contributed by atoms with E-state index in [4.69, 9.17) is 14.9 Å². The Kier molecular flexibility index (Phi) is 10.8. The number of benzene rings is 4. The number of aliphatic carboxylic acids is 2. The van der Waals surface area contributed by atoms with Gasteiger partial charge in [0.2, 0.25) is 11.8 Å². The average Bonchev–Trinajstić information content (AvgIpc) is 2.99. The van der Waals surface area contributed by atoms with Crippen molar-refractivity contribution >= 4 is 58.7 Å². The molecule has 0 bridgehead atoms. The van der Waals surface area contributed by atoms with Gasteiger partial charge in [0.05, 0.1) is 0 Å². The van der Waals surface area contributed by atoms with Gasteiger partial charge < -0.3 is 25.6 Å². The topological polar surface area (TPSA) is 142 Å². The molecule has 0 heterocycles. The molecule has 2 amide bonds. The van der Waals surface area contributed by atoms with Gasteiger partial charge in [-0.1, -0.05) is 23.5 Å². The molecule has 4 N–H and O–H groups in total. The minimum Gasteiger partial charge on any atom is -0.478 e. The first-order chi connectivity index (χ1) is 20.7. The Labute approximate surface area is 255 Å². The number of amides is 2. The van der Waals surface area contributed by atoms with Gasteiger partial charge >= 0.3 is 11.9 Å². The summed E-state index contributed by atoms with van der Waals surface area (Å²) in [5.74, 6) is -2.03. The van der Waals surface area contributed by atoms with E-state index in [1.165, 1.54) is 0 Å². The second-order valence-electron chi connectivity index (χ2n) is 8.62. The number of carbonyl (C=O) groups excluding carboxylic acids is 2. The summed E-state index contributed by atoms with van der Waals surface area (Å²) in [4.78, 5) is 48.4. The third-order valence-electron chi connectivity index (χ3n) is 5.35. The molecule has 0 saturated carbocycles. The van der Waals surface area contributed by atoms with Gasteiger partial charge in [0, 0.05) is 55.3 Å². The molecule has 11 heteroatoms. The highest BCUT2D eigenvalue weighted by Gasteiger charge is 2.05. The van der Waals surface area contributed by atoms with E-state index in [1.54, 1.807) is 47.8 Å². The van der Waals surface area contributed by atoms with Gasteiger partial charge in [-0.2, -0.15) is 0 Å². The van der Waals surface area contributed by atoms with Crippen molar-refractivity contribution in [1.29, 1.82) is 0 Å². The van der Waals surface area contributed by atoms with Crippen molar-refractivity contribution in [3.05, 3.63) is 121 Å². The summed E-state index contributed by atoms with van der Waals surface area (Å²) in [7, 11) is 0. The molecule has 0 aliphatic carbocycles. The van der Waals surface area contributed by atoms with E-state index in [0.29, 0.717) is 22.9 Å². The molecule has 0 atom stereocenters. The molecule has 0 aliphatic heterocycles. The Bertz CT molecular complexity index is 1530. The van der Waals surface area contributed by atoms with E-state index >= 15 is 0 Å². The van der Waals surface area contributed by atoms with Gasteiger partial charge in [0.1, 0.15) is 11.5 Å². The smallest absolute Gasteiger partial charge is 0.328 e. The van der Waals surface area contributed by atoms with Crippen LogP contribution >= 0.6 is 23.5 Å². The Balaban J connectivity index is 1.25. The van der Waals surface area contributed by atoms with Crippen molar-refractivity contribution in [3.8, 4) is 11.5 Å². The van der Waals surface area contributed by atoms with Crippen LogP contribution in [0, 0.1) is 0 Å². The van der Waals surface area contributed by atoms with Crippen LogP contribution in [0.1, 0.15) is 0 Å². The zero-order valence-electron chi connectivity index (χ0n) is 22.3. The lowest BCUT2D eigenvalue weighted by atomic mass is 10.3. The van der Waals surface area contributed by atoms with Crippen LogP contribution in [0.4, 0.5) is 11.4 Å². The first-order valence-electron chi connectivity index (χ1n) is 12.6. The highest BCUT2D eigenvalue weighted by molar-refractivity contribution is 7.99. The number of hydrogen-bond acceptors (Lipinski definition) is 7. The van der Waals surface area contributed by atoms with Gasteiger partial charge in [0.25, 0.3) is 0 Å². The Morgan fingerprint density at radius 1 is 0.488 bits per heavy atom. The van der Waals surface area contributed by atoms with Crippen LogP contribution in [0.2, 0.25) is 0 Å². The van der Waals surface area contributed by atoms with E-state index in [-0.39, 0.29) is 0 Å². The SMILES string of the molecule is O=C(O)/C=C\C(=O)Nc1ccc(Sc2ccc(Oc3ccc(Sc4ccc(NC(=O)/C=C\C(=O)O)cc4)cc3)cc2)cc1. The zero-order chi connectivity index (χ0) is 30.6. The number of carboxylic acid groups (broad SMARTS) is 2. The monoisotopic (exact) mass is 612 g/mol. The molecule has 0 aliphatic rings.